The van der Waals surface area contributed by atoms with Crippen molar-refractivity contribution in [3.8, 4) is 0 Å². The molecule has 2 aromatic rings. The molecule has 0 unspecified atom stereocenters. The molecule has 0 radical (unpaired) electrons. The first-order valence-corrected chi connectivity index (χ1v) is 11.5. The summed E-state index contributed by atoms with van der Waals surface area (Å²) in [6, 6.07) is 4.97. The van der Waals surface area contributed by atoms with Crippen LogP contribution in [0.3, 0.4) is 0 Å². The number of halogens is 4. The minimum atomic E-state index is -4.19. The van der Waals surface area contributed by atoms with Crippen LogP contribution in [0.1, 0.15) is 22.3 Å². The average Bonchev–Trinajstić information content (AvgIpc) is 3.32. The Morgan fingerprint density at radius 3 is 2.47 bits per heavy atom. The van der Waals surface area contributed by atoms with E-state index in [-0.39, 0.29) is 12.2 Å². The van der Waals surface area contributed by atoms with Gasteiger partial charge in [-0.2, -0.15) is 0 Å². The topological polar surface area (TPSA) is 110 Å². The van der Waals surface area contributed by atoms with Crippen LogP contribution in [0.15, 0.2) is 41.3 Å². The Hall–Kier alpha value is -2.63. The van der Waals surface area contributed by atoms with E-state index < -0.39 is 68.1 Å². The van der Waals surface area contributed by atoms with Gasteiger partial charge in [0.15, 0.2) is 9.84 Å². The lowest BCUT2D eigenvalue weighted by atomic mass is 10.1. The Balaban J connectivity index is 1.80. The summed E-state index contributed by atoms with van der Waals surface area (Å²) in [7, 11) is -4.19. The number of nitrogens with one attached hydrogen (secondary N) is 1. The highest BCUT2D eigenvalue weighted by atomic mass is 35.5. The van der Waals surface area contributed by atoms with Gasteiger partial charge in [-0.25, -0.2) is 21.6 Å². The molecule has 0 spiro atoms. The van der Waals surface area contributed by atoms with Gasteiger partial charge in [-0.15, -0.1) is 0 Å². The van der Waals surface area contributed by atoms with E-state index in [0.717, 1.165) is 11.0 Å². The number of rotatable bonds is 4. The minimum absolute atomic E-state index is 0.139. The number of alkyl halides is 2. The van der Waals surface area contributed by atoms with Gasteiger partial charge in [0.1, 0.15) is 5.82 Å². The number of hydrogen-bond acceptors (Lipinski definition) is 5. The predicted octanol–water partition coefficient (Wildman–Crippen LogP) is 2.26. The van der Waals surface area contributed by atoms with Gasteiger partial charge in [-0.05, 0) is 29.8 Å². The van der Waals surface area contributed by atoms with Gasteiger partial charge in [-0.1, -0.05) is 23.7 Å². The molecule has 0 bridgehead atoms. The second-order valence-electron chi connectivity index (χ2n) is 7.73. The summed E-state index contributed by atoms with van der Waals surface area (Å²) in [5.74, 6) is -6.95. The third-order valence-corrected chi connectivity index (χ3v) is 7.33. The molecule has 7 nitrogen and oxygen atoms in total. The molecule has 1 saturated carbocycles. The number of nitrogens with two attached hydrogens (primary N) is 1. The molecule has 0 saturated heterocycles. The number of hydrogen-bond donors (Lipinski definition) is 2. The maximum atomic E-state index is 14.7. The molecule has 1 aliphatic carbocycles. The maximum absolute atomic E-state index is 14.7. The Labute approximate surface area is 186 Å². The molecule has 2 aromatic carbocycles. The summed E-state index contributed by atoms with van der Waals surface area (Å²) in [5.41, 5.74) is 5.44. The molecule has 1 heterocycles. The number of nitrogens with zero attached hydrogens (tertiary/aromatic N) is 1. The number of sulfone groups is 1. The van der Waals surface area contributed by atoms with Gasteiger partial charge in [0.25, 0.3) is 11.8 Å². The Bertz CT molecular complexity index is 1220. The first kappa shape index (κ1) is 22.6. The van der Waals surface area contributed by atoms with Crippen LogP contribution in [-0.2, 0) is 21.2 Å². The largest absolute Gasteiger partial charge is 0.343 e. The van der Waals surface area contributed by atoms with Gasteiger partial charge in [0.05, 0.1) is 40.5 Å². The lowest BCUT2D eigenvalue weighted by Gasteiger charge is -2.25. The van der Waals surface area contributed by atoms with Gasteiger partial charge in [0, 0.05) is 11.4 Å². The van der Waals surface area contributed by atoms with Gasteiger partial charge in [-0.3, -0.25) is 9.59 Å². The summed E-state index contributed by atoms with van der Waals surface area (Å²) < 4.78 is 66.5. The fourth-order valence-corrected chi connectivity index (χ4v) is 5.13. The molecule has 3 N–H and O–H groups in total. The van der Waals surface area contributed by atoms with Crippen molar-refractivity contribution in [3.63, 3.8) is 0 Å². The quantitative estimate of drug-likeness (QED) is 0.687. The van der Waals surface area contributed by atoms with Crippen LogP contribution in [0, 0.1) is 5.82 Å². The first-order chi connectivity index (χ1) is 14.9. The molecule has 1 aliphatic heterocycles. The van der Waals surface area contributed by atoms with Crippen molar-refractivity contribution in [1.29, 1.82) is 0 Å². The third kappa shape index (κ3) is 4.19. The number of fused-ring (bicyclic) bond motifs is 1. The van der Waals surface area contributed by atoms with Crippen LogP contribution in [0.5, 0.6) is 0 Å². The van der Waals surface area contributed by atoms with E-state index in [1.165, 1.54) is 0 Å². The van der Waals surface area contributed by atoms with Crippen LogP contribution in [0.4, 0.5) is 18.9 Å². The molecule has 170 valence electrons. The molecule has 1 fully saturated rings. The zero-order chi connectivity index (χ0) is 23.4. The van der Waals surface area contributed by atoms with E-state index in [2.05, 4.69) is 0 Å². The molecule has 32 heavy (non-hydrogen) atoms. The monoisotopic (exact) mass is 487 g/mol. The smallest absolute Gasteiger partial charge is 0.270 e. The second-order valence-corrected chi connectivity index (χ2v) is 10.2. The molecule has 12 heteroatoms. The lowest BCUT2D eigenvalue weighted by molar-refractivity contribution is -0.119. The Morgan fingerprint density at radius 1 is 1.25 bits per heavy atom. The predicted molar refractivity (Wildman–Crippen MR) is 110 cm³/mol. The summed E-state index contributed by atoms with van der Waals surface area (Å²) >= 11 is 5.87. The van der Waals surface area contributed by atoms with E-state index in [4.69, 9.17) is 17.3 Å². The third-order valence-electron chi connectivity index (χ3n) is 5.29. The second kappa shape index (κ2) is 7.75. The Kier molecular flexibility index (Phi) is 5.46. The van der Waals surface area contributed by atoms with Crippen molar-refractivity contribution >= 4 is 38.9 Å². The molecule has 2 aliphatic rings. The molecular formula is C20H17ClF3N3O4S. The normalized spacial score (nSPS) is 23.3. The fourth-order valence-electron chi connectivity index (χ4n) is 3.44. The van der Waals surface area contributed by atoms with Gasteiger partial charge < -0.3 is 16.0 Å². The number of amides is 2. The van der Waals surface area contributed by atoms with E-state index in [0.29, 0.717) is 16.7 Å². The molecule has 2 amide bonds. The van der Waals surface area contributed by atoms with Crippen molar-refractivity contribution in [3.05, 3.63) is 58.4 Å². The minimum Gasteiger partial charge on any atom is -0.343 e. The van der Waals surface area contributed by atoms with Gasteiger partial charge in [0.2, 0.25) is 5.91 Å². The fraction of sp³-hybridized carbons (Fsp3) is 0.300. The number of carbonyl (C=O) groups is 2. The number of carbonyl (C=O) groups excluding carboxylic acids is 2. The van der Waals surface area contributed by atoms with E-state index >= 15 is 0 Å². The number of benzene rings is 2. The zero-order valence-electron chi connectivity index (χ0n) is 16.3. The highest BCUT2D eigenvalue weighted by Gasteiger charge is 2.58. The first-order valence-electron chi connectivity index (χ1n) is 9.45. The SMILES string of the molecule is N[C@H]1CS(=O)(=O)c2cc(F)c(C(=O)N[C@@H]3CC3(F)F)cc2N(Cc2ccc(Cl)cc2)C1=O. The van der Waals surface area contributed by atoms with Crippen molar-refractivity contribution in [2.75, 3.05) is 10.7 Å². The lowest BCUT2D eigenvalue weighted by Crippen LogP contribution is -2.45. The Morgan fingerprint density at radius 2 is 1.88 bits per heavy atom. The highest BCUT2D eigenvalue weighted by Crippen LogP contribution is 2.42. The van der Waals surface area contributed by atoms with E-state index in [1.54, 1.807) is 24.3 Å². The van der Waals surface area contributed by atoms with Crippen LogP contribution in [-0.4, -0.2) is 44.0 Å². The molecular weight excluding hydrogens is 471 g/mol. The highest BCUT2D eigenvalue weighted by molar-refractivity contribution is 7.91. The zero-order valence-corrected chi connectivity index (χ0v) is 17.9. The van der Waals surface area contributed by atoms with Crippen molar-refractivity contribution in [2.45, 2.75) is 35.9 Å². The van der Waals surface area contributed by atoms with Crippen molar-refractivity contribution < 1.29 is 31.2 Å². The number of anilines is 1. The van der Waals surface area contributed by atoms with E-state index in [1.807, 2.05) is 5.32 Å². The molecule has 4 rings (SSSR count). The van der Waals surface area contributed by atoms with Crippen molar-refractivity contribution in [1.82, 2.24) is 5.32 Å². The van der Waals surface area contributed by atoms with Crippen LogP contribution in [0.25, 0.3) is 0 Å². The summed E-state index contributed by atoms with van der Waals surface area (Å²) in [5, 5.41) is 2.45. The van der Waals surface area contributed by atoms with Crippen molar-refractivity contribution in [2.24, 2.45) is 5.73 Å². The average molecular weight is 488 g/mol. The van der Waals surface area contributed by atoms with Crippen LogP contribution in [0.2, 0.25) is 5.02 Å². The maximum Gasteiger partial charge on any atom is 0.270 e. The molecule has 0 aromatic heterocycles. The summed E-state index contributed by atoms with van der Waals surface area (Å²) in [4.78, 5) is 25.9. The summed E-state index contributed by atoms with van der Waals surface area (Å²) in [6.07, 6.45) is -0.574. The standard InChI is InChI=1S/C20H17ClF3N3O4S/c21-11-3-1-10(2-4-11)8-27-15-5-12(18(28)26-17-7-20(17,23)24)13(22)6-16(15)32(30,31)9-14(25)19(27)29/h1-6,14,17H,7-9,25H2,(H,26,28)/t14-,17+/m0/s1. The van der Waals surface area contributed by atoms with E-state index in [9.17, 15) is 31.2 Å². The van der Waals surface area contributed by atoms with Crippen LogP contribution >= 0.6 is 11.6 Å². The summed E-state index contributed by atoms with van der Waals surface area (Å²) in [6.45, 7) is -0.139. The molecule has 2 atom stereocenters. The van der Waals surface area contributed by atoms with Gasteiger partial charge >= 0.3 is 0 Å². The van der Waals surface area contributed by atoms with Crippen LogP contribution < -0.4 is 16.0 Å².